The molecule has 1 saturated heterocycles. The molecule has 0 bridgehead atoms. The zero-order valence-corrected chi connectivity index (χ0v) is 21.7. The number of rotatable bonds is 9. The molecule has 1 fully saturated rings. The molecule has 38 heavy (non-hydrogen) atoms. The summed E-state index contributed by atoms with van der Waals surface area (Å²) in [6.45, 7) is 0.111. The summed E-state index contributed by atoms with van der Waals surface area (Å²) in [6.07, 6.45) is 0.143. The molecule has 1 atom stereocenters. The molecule has 1 unspecified atom stereocenters. The number of imide groups is 1. The van der Waals surface area contributed by atoms with Gasteiger partial charge in [-0.05, 0) is 72.6 Å². The number of sulfonamides is 1. The number of anilines is 1. The number of methoxy groups -OCH3 is 2. The van der Waals surface area contributed by atoms with Gasteiger partial charge in [-0.2, -0.15) is 0 Å². The van der Waals surface area contributed by atoms with Crippen molar-refractivity contribution in [3.63, 3.8) is 0 Å². The van der Waals surface area contributed by atoms with E-state index in [9.17, 15) is 22.8 Å². The highest BCUT2D eigenvalue weighted by Gasteiger charge is 2.44. The number of benzene rings is 3. The average molecular weight is 538 g/mol. The minimum absolute atomic E-state index is 0.0286. The predicted molar refractivity (Wildman–Crippen MR) is 139 cm³/mol. The first-order valence-electron chi connectivity index (χ1n) is 11.7. The van der Waals surface area contributed by atoms with E-state index in [2.05, 4.69) is 0 Å². The molecule has 198 valence electrons. The van der Waals surface area contributed by atoms with E-state index in [4.69, 9.17) is 14.6 Å². The van der Waals surface area contributed by atoms with Crippen molar-refractivity contribution < 1.29 is 32.3 Å². The van der Waals surface area contributed by atoms with Crippen LogP contribution >= 0.6 is 0 Å². The van der Waals surface area contributed by atoms with E-state index in [1.165, 1.54) is 31.3 Å². The molecular weight excluding hydrogens is 510 g/mol. The highest BCUT2D eigenvalue weighted by Crippen LogP contribution is 2.28. The molecule has 3 aromatic carbocycles. The fourth-order valence-electron chi connectivity index (χ4n) is 4.26. The second-order valence-corrected chi connectivity index (χ2v) is 10.2. The van der Waals surface area contributed by atoms with Crippen LogP contribution in [0.1, 0.15) is 22.3 Å². The number of amides is 3. The van der Waals surface area contributed by atoms with Crippen LogP contribution in [-0.2, 0) is 26.0 Å². The first-order valence-corrected chi connectivity index (χ1v) is 13.2. The van der Waals surface area contributed by atoms with Crippen LogP contribution < -0.4 is 19.5 Å². The largest absolute Gasteiger partial charge is 0.497 e. The monoisotopic (exact) mass is 537 g/mol. The second kappa shape index (κ2) is 11.0. The van der Waals surface area contributed by atoms with Crippen molar-refractivity contribution in [2.24, 2.45) is 5.14 Å². The van der Waals surface area contributed by atoms with Gasteiger partial charge < -0.3 is 14.4 Å². The molecule has 3 aromatic rings. The predicted octanol–water partition coefficient (Wildman–Crippen LogP) is 2.37. The summed E-state index contributed by atoms with van der Waals surface area (Å²) in [5.74, 6) is -0.201. The van der Waals surface area contributed by atoms with Crippen LogP contribution in [0.4, 0.5) is 5.69 Å². The second-order valence-electron chi connectivity index (χ2n) is 8.65. The van der Waals surface area contributed by atoms with Gasteiger partial charge in [-0.15, -0.1) is 0 Å². The Morgan fingerprint density at radius 1 is 0.921 bits per heavy atom. The molecule has 1 aliphatic rings. The molecule has 2 N–H and O–H groups in total. The van der Waals surface area contributed by atoms with E-state index < -0.39 is 33.8 Å². The zero-order valence-electron chi connectivity index (χ0n) is 20.9. The summed E-state index contributed by atoms with van der Waals surface area (Å²) in [4.78, 5) is 42.5. The van der Waals surface area contributed by atoms with E-state index >= 15 is 0 Å². The standard InChI is InChI=1S/C27H27N3O7S/c1-36-21-9-5-19(6-10-21)26(32)29(16-15-18-3-13-23(14-4-18)38(28,34)35)24-17-25(31)30(27(24)33)20-7-11-22(37-2)12-8-20/h3-14,24H,15-17H2,1-2H3,(H2,28,34,35). The number of hydrogen-bond acceptors (Lipinski definition) is 7. The smallest absolute Gasteiger partial charge is 0.257 e. The quantitative estimate of drug-likeness (QED) is 0.414. The maximum Gasteiger partial charge on any atom is 0.257 e. The summed E-state index contributed by atoms with van der Waals surface area (Å²) < 4.78 is 33.4. The Balaban J connectivity index is 1.61. The Labute approximate surface area is 220 Å². The van der Waals surface area contributed by atoms with Crippen molar-refractivity contribution in [2.75, 3.05) is 25.7 Å². The van der Waals surface area contributed by atoms with E-state index in [0.29, 0.717) is 29.2 Å². The van der Waals surface area contributed by atoms with Gasteiger partial charge in [0.1, 0.15) is 17.5 Å². The van der Waals surface area contributed by atoms with Crippen molar-refractivity contribution in [2.45, 2.75) is 23.8 Å². The van der Waals surface area contributed by atoms with Crippen LogP contribution in [-0.4, -0.2) is 57.8 Å². The summed E-state index contributed by atoms with van der Waals surface area (Å²) in [7, 11) is -0.809. The number of carbonyl (C=O) groups excluding carboxylic acids is 3. The first-order chi connectivity index (χ1) is 18.1. The van der Waals surface area contributed by atoms with E-state index in [1.54, 1.807) is 60.7 Å². The Bertz CT molecular complexity index is 1440. The van der Waals surface area contributed by atoms with Gasteiger partial charge >= 0.3 is 0 Å². The van der Waals surface area contributed by atoms with Crippen LogP contribution in [0.15, 0.2) is 77.7 Å². The van der Waals surface area contributed by atoms with Gasteiger partial charge in [0.05, 0.1) is 31.2 Å². The molecule has 1 aliphatic heterocycles. The number of carbonyl (C=O) groups is 3. The van der Waals surface area contributed by atoms with Crippen LogP contribution in [0, 0.1) is 0 Å². The van der Waals surface area contributed by atoms with Gasteiger partial charge in [-0.1, -0.05) is 12.1 Å². The molecule has 0 radical (unpaired) electrons. The van der Waals surface area contributed by atoms with Gasteiger partial charge in [0.25, 0.3) is 11.8 Å². The highest BCUT2D eigenvalue weighted by molar-refractivity contribution is 7.89. The van der Waals surface area contributed by atoms with Crippen LogP contribution in [0.2, 0.25) is 0 Å². The maximum atomic E-state index is 13.6. The van der Waals surface area contributed by atoms with Crippen LogP contribution in [0.5, 0.6) is 11.5 Å². The van der Waals surface area contributed by atoms with Gasteiger partial charge in [-0.3, -0.25) is 14.4 Å². The lowest BCUT2D eigenvalue weighted by atomic mass is 10.1. The highest BCUT2D eigenvalue weighted by atomic mass is 32.2. The van der Waals surface area contributed by atoms with Gasteiger partial charge in [0.15, 0.2) is 0 Å². The molecule has 1 heterocycles. The van der Waals surface area contributed by atoms with Crippen molar-refractivity contribution in [3.05, 3.63) is 83.9 Å². The SMILES string of the molecule is COc1ccc(C(=O)N(CCc2ccc(S(N)(=O)=O)cc2)C2CC(=O)N(c3ccc(OC)cc3)C2=O)cc1. The lowest BCUT2D eigenvalue weighted by Gasteiger charge is -2.28. The molecule has 3 amide bonds. The van der Waals surface area contributed by atoms with E-state index in [1.807, 2.05) is 0 Å². The number of nitrogens with zero attached hydrogens (tertiary/aromatic N) is 2. The molecule has 0 spiro atoms. The number of nitrogens with two attached hydrogens (primary N) is 1. The molecular formula is C27H27N3O7S. The minimum Gasteiger partial charge on any atom is -0.497 e. The van der Waals surface area contributed by atoms with E-state index in [0.717, 1.165) is 10.5 Å². The molecule has 0 aromatic heterocycles. The van der Waals surface area contributed by atoms with Crippen molar-refractivity contribution in [1.29, 1.82) is 0 Å². The third-order valence-electron chi connectivity index (χ3n) is 6.32. The van der Waals surface area contributed by atoms with Gasteiger partial charge in [0.2, 0.25) is 15.9 Å². The Hall–Kier alpha value is -4.22. The third kappa shape index (κ3) is 5.68. The van der Waals surface area contributed by atoms with Crippen LogP contribution in [0.25, 0.3) is 0 Å². The Morgan fingerprint density at radius 2 is 1.47 bits per heavy atom. The average Bonchev–Trinajstić information content (AvgIpc) is 3.21. The van der Waals surface area contributed by atoms with E-state index in [-0.39, 0.29) is 17.9 Å². The number of primary sulfonamides is 1. The topological polar surface area (TPSA) is 136 Å². The lowest BCUT2D eigenvalue weighted by Crippen LogP contribution is -2.46. The molecule has 0 saturated carbocycles. The molecule has 11 heteroatoms. The summed E-state index contributed by atoms with van der Waals surface area (Å²) in [5, 5.41) is 5.17. The fraction of sp³-hybridized carbons (Fsp3) is 0.222. The van der Waals surface area contributed by atoms with Crippen LogP contribution in [0.3, 0.4) is 0 Å². The van der Waals surface area contributed by atoms with Crippen molar-refractivity contribution in [3.8, 4) is 11.5 Å². The van der Waals surface area contributed by atoms with Crippen molar-refractivity contribution in [1.82, 2.24) is 4.90 Å². The molecule has 0 aliphatic carbocycles. The van der Waals surface area contributed by atoms with Gasteiger partial charge in [-0.25, -0.2) is 18.5 Å². The van der Waals surface area contributed by atoms with Gasteiger partial charge in [0, 0.05) is 12.1 Å². The Morgan fingerprint density at radius 3 is 2.00 bits per heavy atom. The zero-order chi connectivity index (χ0) is 27.4. The summed E-state index contributed by atoms with van der Waals surface area (Å²) in [5.41, 5.74) is 1.45. The summed E-state index contributed by atoms with van der Waals surface area (Å²) in [6, 6.07) is 17.9. The minimum atomic E-state index is -3.84. The summed E-state index contributed by atoms with van der Waals surface area (Å²) >= 11 is 0. The fourth-order valence-corrected chi connectivity index (χ4v) is 4.77. The lowest BCUT2D eigenvalue weighted by molar-refractivity contribution is -0.122. The Kier molecular flexibility index (Phi) is 7.79. The van der Waals surface area contributed by atoms with Crippen molar-refractivity contribution >= 4 is 33.4 Å². The molecule has 10 nitrogen and oxygen atoms in total. The maximum absolute atomic E-state index is 13.6. The number of hydrogen-bond donors (Lipinski definition) is 1. The first kappa shape index (κ1) is 26.8. The molecule has 4 rings (SSSR count). The normalized spacial score (nSPS) is 15.4. The third-order valence-corrected chi connectivity index (χ3v) is 7.25. The number of ether oxygens (including phenoxy) is 2.